The van der Waals surface area contributed by atoms with Gasteiger partial charge in [-0.1, -0.05) is 21.6 Å². The van der Waals surface area contributed by atoms with E-state index in [9.17, 15) is 4.79 Å². The van der Waals surface area contributed by atoms with Crippen molar-refractivity contribution in [2.75, 3.05) is 32.3 Å². The molecule has 13 heavy (non-hydrogen) atoms. The van der Waals surface area contributed by atoms with Crippen LogP contribution in [-0.2, 0) is 9.53 Å². The smallest absolute Gasteiger partial charge is 0.237 e. The third-order valence-corrected chi connectivity index (χ3v) is 3.69. The number of ether oxygens (including phenoxy) is 1. The third kappa shape index (κ3) is 7.18. The number of carbonyl (C=O) groups is 1. The Morgan fingerprint density at radius 3 is 2.85 bits per heavy atom. The van der Waals surface area contributed by atoms with Gasteiger partial charge in [-0.15, -0.1) is 0 Å². The highest BCUT2D eigenvalue weighted by molar-refractivity contribution is 8.76. The molecule has 0 rings (SSSR count). The van der Waals surface area contributed by atoms with Crippen molar-refractivity contribution in [1.29, 1.82) is 0 Å². The van der Waals surface area contributed by atoms with Crippen molar-refractivity contribution in [3.8, 4) is 0 Å². The summed E-state index contributed by atoms with van der Waals surface area (Å²) in [6.45, 7) is 0.729. The Hall–Kier alpha value is 0.0900. The zero-order chi connectivity index (χ0) is 10.1. The van der Waals surface area contributed by atoms with E-state index >= 15 is 0 Å². The second kappa shape index (κ2) is 8.68. The fraction of sp³-hybridized carbons (Fsp3) is 0.857. The van der Waals surface area contributed by atoms with Gasteiger partial charge in [0, 0.05) is 25.7 Å². The van der Waals surface area contributed by atoms with Crippen molar-refractivity contribution >= 4 is 27.5 Å². The van der Waals surface area contributed by atoms with Crippen molar-refractivity contribution in [1.82, 2.24) is 5.32 Å². The molecule has 1 unspecified atom stereocenters. The number of rotatable bonds is 7. The molecule has 3 N–H and O–H groups in total. The molecule has 0 saturated carbocycles. The lowest BCUT2D eigenvalue weighted by Crippen LogP contribution is -2.40. The summed E-state index contributed by atoms with van der Waals surface area (Å²) in [4.78, 5) is 10.9. The Morgan fingerprint density at radius 1 is 1.62 bits per heavy atom. The number of nitrogens with two attached hydrogens (primary N) is 1. The van der Waals surface area contributed by atoms with Crippen LogP contribution in [0.3, 0.4) is 0 Å². The molecule has 0 aliphatic carbocycles. The topological polar surface area (TPSA) is 64.4 Å². The molecule has 0 aromatic carbocycles. The maximum atomic E-state index is 10.9. The molecule has 6 heteroatoms. The first-order valence-electron chi connectivity index (χ1n) is 3.93. The molecule has 0 aliphatic rings. The standard InChI is InChI=1S/C7H16N2O2S2/c1-9-7(10)6(8)5-13-12-4-3-11-2/h6H,3-5,8H2,1-2H3,(H,9,10). The fourth-order valence-corrected chi connectivity index (χ4v) is 2.59. The van der Waals surface area contributed by atoms with Crippen LogP contribution in [0, 0.1) is 0 Å². The summed E-state index contributed by atoms with van der Waals surface area (Å²) >= 11 is 0. The number of amides is 1. The normalized spacial score (nSPS) is 12.5. The van der Waals surface area contributed by atoms with Gasteiger partial charge in [-0.2, -0.15) is 0 Å². The molecule has 0 aromatic heterocycles. The molecule has 1 amide bonds. The first-order valence-corrected chi connectivity index (χ1v) is 6.41. The van der Waals surface area contributed by atoms with Crippen molar-refractivity contribution in [2.45, 2.75) is 6.04 Å². The van der Waals surface area contributed by atoms with E-state index in [1.54, 1.807) is 35.7 Å². The molecule has 0 saturated heterocycles. The van der Waals surface area contributed by atoms with E-state index in [2.05, 4.69) is 5.32 Å². The van der Waals surface area contributed by atoms with Crippen LogP contribution in [-0.4, -0.2) is 44.2 Å². The second-order valence-electron chi connectivity index (χ2n) is 2.32. The summed E-state index contributed by atoms with van der Waals surface area (Å²) in [5.74, 6) is 1.44. The number of hydrogen-bond acceptors (Lipinski definition) is 5. The minimum absolute atomic E-state index is 0.111. The molecule has 0 bridgehead atoms. The molecule has 0 aromatic rings. The summed E-state index contributed by atoms with van der Waals surface area (Å²) in [6, 6.07) is -0.412. The first-order chi connectivity index (χ1) is 6.22. The molecule has 0 aliphatic heterocycles. The number of carbonyl (C=O) groups excluding carboxylic acids is 1. The van der Waals surface area contributed by atoms with Crippen LogP contribution >= 0.6 is 21.6 Å². The number of hydrogen-bond donors (Lipinski definition) is 2. The van der Waals surface area contributed by atoms with Crippen molar-refractivity contribution in [2.24, 2.45) is 5.73 Å². The van der Waals surface area contributed by atoms with E-state index in [1.807, 2.05) is 0 Å². The Bertz CT molecular complexity index is 146. The fourth-order valence-electron chi connectivity index (χ4n) is 0.559. The van der Waals surface area contributed by atoms with Crippen molar-refractivity contribution in [3.63, 3.8) is 0 Å². The highest BCUT2D eigenvalue weighted by Crippen LogP contribution is 2.20. The summed E-state index contributed by atoms with van der Waals surface area (Å²) in [7, 11) is 6.52. The summed E-state index contributed by atoms with van der Waals surface area (Å²) in [5, 5.41) is 2.51. The lowest BCUT2D eigenvalue weighted by atomic mass is 10.3. The van der Waals surface area contributed by atoms with Crippen LogP contribution in [0.25, 0.3) is 0 Å². The highest BCUT2D eigenvalue weighted by atomic mass is 33.1. The van der Waals surface area contributed by atoms with Crippen LogP contribution in [0.15, 0.2) is 0 Å². The van der Waals surface area contributed by atoms with Gasteiger partial charge in [0.15, 0.2) is 0 Å². The Kier molecular flexibility index (Phi) is 8.74. The summed E-state index contributed by atoms with van der Waals surface area (Å²) in [6.07, 6.45) is 0. The van der Waals surface area contributed by atoms with Gasteiger partial charge in [0.2, 0.25) is 5.91 Å². The molecule has 1 atom stereocenters. The second-order valence-corrected chi connectivity index (χ2v) is 4.95. The maximum Gasteiger partial charge on any atom is 0.237 e. The van der Waals surface area contributed by atoms with Gasteiger partial charge in [-0.25, -0.2) is 0 Å². The van der Waals surface area contributed by atoms with Crippen LogP contribution in [0.2, 0.25) is 0 Å². The first kappa shape index (κ1) is 13.1. The predicted octanol–water partition coefficient (Wildman–Crippen LogP) is 0.0875. The molecule has 0 fully saturated rings. The van der Waals surface area contributed by atoms with Gasteiger partial charge in [0.1, 0.15) is 0 Å². The average Bonchev–Trinajstić information content (AvgIpc) is 2.16. The van der Waals surface area contributed by atoms with E-state index in [-0.39, 0.29) is 5.91 Å². The lowest BCUT2D eigenvalue weighted by Gasteiger charge is -2.08. The molecule has 0 radical (unpaired) electrons. The number of likely N-dealkylation sites (N-methyl/N-ethyl adjacent to an activating group) is 1. The minimum atomic E-state index is -0.412. The van der Waals surface area contributed by atoms with E-state index in [0.29, 0.717) is 5.75 Å². The number of methoxy groups -OCH3 is 1. The van der Waals surface area contributed by atoms with E-state index in [1.165, 1.54) is 0 Å². The zero-order valence-electron chi connectivity index (χ0n) is 7.91. The number of nitrogens with one attached hydrogen (secondary N) is 1. The summed E-state index contributed by atoms with van der Waals surface area (Å²) < 4.78 is 4.87. The SMILES string of the molecule is CNC(=O)C(N)CSSCCOC. The van der Waals surface area contributed by atoms with Gasteiger partial charge < -0.3 is 15.8 Å². The van der Waals surface area contributed by atoms with Gasteiger partial charge in [-0.05, 0) is 0 Å². The molecule has 0 spiro atoms. The van der Waals surface area contributed by atoms with Crippen molar-refractivity contribution in [3.05, 3.63) is 0 Å². The van der Waals surface area contributed by atoms with Crippen LogP contribution < -0.4 is 11.1 Å². The summed E-state index contributed by atoms with van der Waals surface area (Å²) in [5.41, 5.74) is 5.57. The highest BCUT2D eigenvalue weighted by Gasteiger charge is 2.10. The van der Waals surface area contributed by atoms with Gasteiger partial charge in [-0.3, -0.25) is 4.79 Å². The van der Waals surface area contributed by atoms with Crippen LogP contribution in [0.1, 0.15) is 0 Å². The minimum Gasteiger partial charge on any atom is -0.384 e. The molecule has 4 nitrogen and oxygen atoms in total. The Balaban J connectivity index is 3.26. The van der Waals surface area contributed by atoms with Crippen LogP contribution in [0.5, 0.6) is 0 Å². The molecule has 0 heterocycles. The molecule has 78 valence electrons. The predicted molar refractivity (Wildman–Crippen MR) is 58.8 cm³/mol. The van der Waals surface area contributed by atoms with E-state index < -0.39 is 6.04 Å². The zero-order valence-corrected chi connectivity index (χ0v) is 9.54. The van der Waals surface area contributed by atoms with E-state index in [4.69, 9.17) is 10.5 Å². The molecular formula is C7H16N2O2S2. The lowest BCUT2D eigenvalue weighted by molar-refractivity contribution is -0.121. The van der Waals surface area contributed by atoms with E-state index in [0.717, 1.165) is 12.4 Å². The maximum absolute atomic E-state index is 10.9. The van der Waals surface area contributed by atoms with Gasteiger partial charge in [0.05, 0.1) is 12.6 Å². The third-order valence-electron chi connectivity index (χ3n) is 1.28. The quantitative estimate of drug-likeness (QED) is 0.474. The van der Waals surface area contributed by atoms with Crippen LogP contribution in [0.4, 0.5) is 0 Å². The van der Waals surface area contributed by atoms with Crippen molar-refractivity contribution < 1.29 is 9.53 Å². The monoisotopic (exact) mass is 224 g/mol. The Morgan fingerprint density at radius 2 is 2.31 bits per heavy atom. The molecular weight excluding hydrogens is 208 g/mol. The Labute approximate surface area is 86.7 Å². The van der Waals surface area contributed by atoms with Gasteiger partial charge >= 0.3 is 0 Å². The largest absolute Gasteiger partial charge is 0.384 e. The van der Waals surface area contributed by atoms with Gasteiger partial charge in [0.25, 0.3) is 0 Å². The average molecular weight is 224 g/mol.